The molecule has 0 aliphatic heterocycles. The highest BCUT2D eigenvalue weighted by Crippen LogP contribution is 2.12. The third kappa shape index (κ3) is 3.22. The standard InChI is InChI=1S/C11H17N3O2/c1-8(16-2)7-13-11(15)9-5-3-4-6-10(9)14-12/h3-6,8,14H,7,12H2,1-2H3,(H,13,15). The van der Waals surface area contributed by atoms with Crippen LogP contribution in [0.5, 0.6) is 0 Å². The van der Waals surface area contributed by atoms with Crippen molar-refractivity contribution in [3.05, 3.63) is 29.8 Å². The van der Waals surface area contributed by atoms with Gasteiger partial charge in [-0.25, -0.2) is 0 Å². The number of nitrogen functional groups attached to an aromatic ring is 1. The number of hydrogen-bond acceptors (Lipinski definition) is 4. The molecular weight excluding hydrogens is 206 g/mol. The molecule has 0 saturated carbocycles. The second-order valence-corrected chi connectivity index (χ2v) is 3.45. The maximum atomic E-state index is 11.8. The Balaban J connectivity index is 2.65. The second-order valence-electron chi connectivity index (χ2n) is 3.45. The summed E-state index contributed by atoms with van der Waals surface area (Å²) in [7, 11) is 1.60. The van der Waals surface area contributed by atoms with Crippen molar-refractivity contribution in [2.45, 2.75) is 13.0 Å². The van der Waals surface area contributed by atoms with Crippen LogP contribution in [0.3, 0.4) is 0 Å². The number of para-hydroxylation sites is 1. The first-order valence-corrected chi connectivity index (χ1v) is 5.05. The Hall–Kier alpha value is -1.59. The van der Waals surface area contributed by atoms with Crippen molar-refractivity contribution in [3.8, 4) is 0 Å². The van der Waals surface area contributed by atoms with E-state index in [0.29, 0.717) is 17.8 Å². The number of carbonyl (C=O) groups excluding carboxylic acids is 1. The molecule has 0 aromatic heterocycles. The van der Waals surface area contributed by atoms with Crippen LogP contribution < -0.4 is 16.6 Å². The number of nitrogens with two attached hydrogens (primary N) is 1. The molecule has 0 heterocycles. The summed E-state index contributed by atoms with van der Waals surface area (Å²) in [5.74, 6) is 5.15. The zero-order chi connectivity index (χ0) is 12.0. The SMILES string of the molecule is COC(C)CNC(=O)c1ccccc1NN. The first-order chi connectivity index (χ1) is 7.69. The summed E-state index contributed by atoms with van der Waals surface area (Å²) in [6.07, 6.45) is -0.0121. The zero-order valence-corrected chi connectivity index (χ0v) is 9.49. The van der Waals surface area contributed by atoms with Crippen LogP contribution in [0.25, 0.3) is 0 Å². The fourth-order valence-corrected chi connectivity index (χ4v) is 1.22. The molecule has 1 aromatic carbocycles. The van der Waals surface area contributed by atoms with E-state index in [0.717, 1.165) is 0 Å². The van der Waals surface area contributed by atoms with E-state index in [1.54, 1.807) is 25.3 Å². The summed E-state index contributed by atoms with van der Waals surface area (Å²) >= 11 is 0. The maximum absolute atomic E-state index is 11.8. The number of benzene rings is 1. The molecule has 4 N–H and O–H groups in total. The Morgan fingerprint density at radius 3 is 2.81 bits per heavy atom. The van der Waals surface area contributed by atoms with Crippen LogP contribution in [0.2, 0.25) is 0 Å². The highest BCUT2D eigenvalue weighted by atomic mass is 16.5. The first kappa shape index (κ1) is 12.5. The fraction of sp³-hybridized carbons (Fsp3) is 0.364. The van der Waals surface area contributed by atoms with Crippen LogP contribution in [0.4, 0.5) is 5.69 Å². The second kappa shape index (κ2) is 6.09. The normalized spacial score (nSPS) is 11.9. The van der Waals surface area contributed by atoms with E-state index in [1.165, 1.54) is 0 Å². The van der Waals surface area contributed by atoms with E-state index in [1.807, 2.05) is 13.0 Å². The van der Waals surface area contributed by atoms with Gasteiger partial charge < -0.3 is 15.5 Å². The molecule has 5 heteroatoms. The van der Waals surface area contributed by atoms with Crippen LogP contribution in [0, 0.1) is 0 Å². The Bertz CT molecular complexity index is 355. The summed E-state index contributed by atoms with van der Waals surface area (Å²) in [5.41, 5.74) is 3.61. The number of rotatable bonds is 5. The average molecular weight is 223 g/mol. The van der Waals surface area contributed by atoms with Gasteiger partial charge in [-0.3, -0.25) is 10.6 Å². The topological polar surface area (TPSA) is 76.4 Å². The average Bonchev–Trinajstić information content (AvgIpc) is 2.35. The molecule has 5 nitrogen and oxygen atoms in total. The molecule has 0 spiro atoms. The van der Waals surface area contributed by atoms with Crippen molar-refractivity contribution < 1.29 is 9.53 Å². The van der Waals surface area contributed by atoms with Gasteiger partial charge in [-0.05, 0) is 19.1 Å². The predicted molar refractivity (Wildman–Crippen MR) is 63.1 cm³/mol. The highest BCUT2D eigenvalue weighted by molar-refractivity contribution is 5.99. The molecule has 0 aliphatic carbocycles. The van der Waals surface area contributed by atoms with E-state index in [9.17, 15) is 4.79 Å². The third-order valence-electron chi connectivity index (χ3n) is 2.28. The van der Waals surface area contributed by atoms with Gasteiger partial charge in [-0.2, -0.15) is 0 Å². The van der Waals surface area contributed by atoms with Crippen LogP contribution in [0.1, 0.15) is 17.3 Å². The smallest absolute Gasteiger partial charge is 0.253 e. The number of carbonyl (C=O) groups is 1. The first-order valence-electron chi connectivity index (χ1n) is 5.05. The van der Waals surface area contributed by atoms with Crippen molar-refractivity contribution in [2.24, 2.45) is 5.84 Å². The molecule has 0 radical (unpaired) electrons. The molecule has 16 heavy (non-hydrogen) atoms. The van der Waals surface area contributed by atoms with Crippen molar-refractivity contribution >= 4 is 11.6 Å². The number of methoxy groups -OCH3 is 1. The molecule has 1 atom stereocenters. The van der Waals surface area contributed by atoms with Gasteiger partial charge in [0, 0.05) is 13.7 Å². The van der Waals surface area contributed by atoms with E-state index in [-0.39, 0.29) is 12.0 Å². The largest absolute Gasteiger partial charge is 0.380 e. The van der Waals surface area contributed by atoms with Crippen LogP contribution in [-0.4, -0.2) is 25.7 Å². The van der Waals surface area contributed by atoms with Crippen molar-refractivity contribution in [2.75, 3.05) is 19.1 Å². The lowest BCUT2D eigenvalue weighted by Gasteiger charge is -2.12. The summed E-state index contributed by atoms with van der Waals surface area (Å²) in [4.78, 5) is 11.8. The molecule has 0 fully saturated rings. The van der Waals surface area contributed by atoms with Crippen molar-refractivity contribution in [1.29, 1.82) is 0 Å². The van der Waals surface area contributed by atoms with Crippen molar-refractivity contribution in [3.63, 3.8) is 0 Å². The van der Waals surface area contributed by atoms with Gasteiger partial charge in [0.25, 0.3) is 5.91 Å². The van der Waals surface area contributed by atoms with Gasteiger partial charge in [0.15, 0.2) is 0 Å². The molecule has 0 aliphatic rings. The molecule has 1 aromatic rings. The lowest BCUT2D eigenvalue weighted by Crippen LogP contribution is -2.32. The van der Waals surface area contributed by atoms with Gasteiger partial charge in [-0.15, -0.1) is 0 Å². The summed E-state index contributed by atoms with van der Waals surface area (Å²) in [6, 6.07) is 7.05. The minimum absolute atomic E-state index is 0.0121. The number of hydrazine groups is 1. The van der Waals surface area contributed by atoms with E-state index < -0.39 is 0 Å². The molecule has 1 unspecified atom stereocenters. The fourth-order valence-electron chi connectivity index (χ4n) is 1.22. The van der Waals surface area contributed by atoms with Gasteiger partial charge >= 0.3 is 0 Å². The Labute approximate surface area is 94.9 Å². The number of anilines is 1. The number of hydrogen-bond donors (Lipinski definition) is 3. The van der Waals surface area contributed by atoms with Crippen LogP contribution in [0.15, 0.2) is 24.3 Å². The van der Waals surface area contributed by atoms with Crippen molar-refractivity contribution in [1.82, 2.24) is 5.32 Å². The molecule has 0 bridgehead atoms. The quantitative estimate of drug-likeness (QED) is 0.508. The number of ether oxygens (including phenoxy) is 1. The Morgan fingerprint density at radius 2 is 2.19 bits per heavy atom. The minimum Gasteiger partial charge on any atom is -0.380 e. The Morgan fingerprint density at radius 1 is 1.50 bits per heavy atom. The van der Waals surface area contributed by atoms with Gasteiger partial charge in [0.05, 0.1) is 17.4 Å². The maximum Gasteiger partial charge on any atom is 0.253 e. The lowest BCUT2D eigenvalue weighted by molar-refractivity contribution is 0.0871. The van der Waals surface area contributed by atoms with E-state index in [2.05, 4.69) is 10.7 Å². The van der Waals surface area contributed by atoms with Gasteiger partial charge in [0.1, 0.15) is 0 Å². The van der Waals surface area contributed by atoms with E-state index >= 15 is 0 Å². The molecule has 88 valence electrons. The van der Waals surface area contributed by atoms with Crippen LogP contribution in [-0.2, 0) is 4.74 Å². The summed E-state index contributed by atoms with van der Waals surface area (Å²) in [5, 5.41) is 2.76. The highest BCUT2D eigenvalue weighted by Gasteiger charge is 2.10. The minimum atomic E-state index is -0.169. The third-order valence-corrected chi connectivity index (χ3v) is 2.28. The molecule has 1 amide bonds. The Kier molecular flexibility index (Phi) is 4.75. The monoisotopic (exact) mass is 223 g/mol. The molecule has 1 rings (SSSR count). The number of amides is 1. The van der Waals surface area contributed by atoms with Gasteiger partial charge in [-0.1, -0.05) is 12.1 Å². The lowest BCUT2D eigenvalue weighted by atomic mass is 10.1. The summed E-state index contributed by atoms with van der Waals surface area (Å²) in [6.45, 7) is 2.35. The van der Waals surface area contributed by atoms with E-state index in [4.69, 9.17) is 10.6 Å². The predicted octanol–water partition coefficient (Wildman–Crippen LogP) is 0.737. The zero-order valence-electron chi connectivity index (χ0n) is 9.49. The van der Waals surface area contributed by atoms with Gasteiger partial charge in [0.2, 0.25) is 0 Å². The molecule has 0 saturated heterocycles. The number of nitrogens with one attached hydrogen (secondary N) is 2. The molecular formula is C11H17N3O2. The summed E-state index contributed by atoms with van der Waals surface area (Å²) < 4.78 is 5.04. The van der Waals surface area contributed by atoms with Crippen LogP contribution >= 0.6 is 0 Å².